The van der Waals surface area contributed by atoms with Gasteiger partial charge < -0.3 is 4.90 Å². The van der Waals surface area contributed by atoms with Gasteiger partial charge in [-0.1, -0.05) is 231 Å². The molecule has 0 saturated heterocycles. The van der Waals surface area contributed by atoms with Gasteiger partial charge in [0.1, 0.15) is 0 Å². The van der Waals surface area contributed by atoms with Crippen LogP contribution in [-0.2, 0) is 0 Å². The van der Waals surface area contributed by atoms with Crippen LogP contribution in [0, 0.1) is 0 Å². The third-order valence-electron chi connectivity index (χ3n) is 13.8. The molecule has 13 aromatic carbocycles. The second-order valence-corrected chi connectivity index (χ2v) is 17.5. The number of hydrogen-bond donors (Lipinski definition) is 0. The minimum absolute atomic E-state index is 1.14. The second kappa shape index (κ2) is 16.0. The van der Waals surface area contributed by atoms with E-state index in [0.29, 0.717) is 0 Å². The zero-order valence-electron chi connectivity index (χ0n) is 36.8. The van der Waals surface area contributed by atoms with E-state index in [0.717, 1.165) is 17.1 Å². The molecule has 0 radical (unpaired) electrons. The van der Waals surface area contributed by atoms with Crippen molar-refractivity contribution in [2.24, 2.45) is 0 Å². The third-order valence-corrected chi connectivity index (χ3v) is 13.8. The third kappa shape index (κ3) is 6.39. The summed E-state index contributed by atoms with van der Waals surface area (Å²) in [5, 5.41) is 14.8. The van der Waals surface area contributed by atoms with E-state index < -0.39 is 0 Å². The maximum atomic E-state index is 2.48. The lowest BCUT2D eigenvalue weighted by Gasteiger charge is -2.29. The Bertz CT molecular complexity index is 3930. The van der Waals surface area contributed by atoms with Gasteiger partial charge in [-0.05, 0) is 123 Å². The van der Waals surface area contributed by atoms with Crippen molar-refractivity contribution in [1.82, 2.24) is 0 Å². The van der Waals surface area contributed by atoms with Gasteiger partial charge in [0.2, 0.25) is 0 Å². The monoisotopic (exact) mass is 849 g/mol. The first-order chi connectivity index (χ1) is 33.3. The van der Waals surface area contributed by atoms with Crippen LogP contribution in [0.25, 0.3) is 109 Å². The highest BCUT2D eigenvalue weighted by Crippen LogP contribution is 2.51. The standard InChI is InChI=1S/C66H43N/c1-4-20-46(21-5-1)58-43-59(47-22-6-2-7-23-47)65-56-35-17-15-33-54(56)60-42-49(38-39-57(60)66(65)64(58)48-26-8-3-9-27-48)50-40-41-63(55-34-16-14-32-53(50)55)67(61-36-18-28-44-24-10-12-30-51(44)61)62-37-19-29-45-25-11-13-31-52(45)62/h1-43H. The molecule has 0 bridgehead atoms. The molecule has 67 heavy (non-hydrogen) atoms. The van der Waals surface area contributed by atoms with E-state index in [2.05, 4.69) is 266 Å². The molecule has 0 heterocycles. The van der Waals surface area contributed by atoms with Gasteiger partial charge in [0.15, 0.2) is 0 Å². The van der Waals surface area contributed by atoms with Gasteiger partial charge in [-0.25, -0.2) is 0 Å². The van der Waals surface area contributed by atoms with Gasteiger partial charge in [-0.2, -0.15) is 0 Å². The van der Waals surface area contributed by atoms with E-state index in [1.165, 1.54) is 109 Å². The lowest BCUT2D eigenvalue weighted by molar-refractivity contribution is 1.33. The van der Waals surface area contributed by atoms with Gasteiger partial charge >= 0.3 is 0 Å². The highest BCUT2D eigenvalue weighted by Gasteiger charge is 2.24. The summed E-state index contributed by atoms with van der Waals surface area (Å²) >= 11 is 0. The molecule has 0 amide bonds. The van der Waals surface area contributed by atoms with Crippen LogP contribution < -0.4 is 4.90 Å². The molecular weight excluding hydrogens is 807 g/mol. The number of fused-ring (bicyclic) bond motifs is 9. The number of anilines is 3. The van der Waals surface area contributed by atoms with E-state index in [9.17, 15) is 0 Å². The fourth-order valence-electron chi connectivity index (χ4n) is 10.8. The molecule has 0 unspecified atom stereocenters. The Morgan fingerprint density at radius 2 is 0.672 bits per heavy atom. The highest BCUT2D eigenvalue weighted by atomic mass is 15.1. The maximum Gasteiger partial charge on any atom is 0.0540 e. The average molecular weight is 850 g/mol. The lowest BCUT2D eigenvalue weighted by atomic mass is 9.81. The Balaban J connectivity index is 1.10. The average Bonchev–Trinajstić information content (AvgIpc) is 3.41. The summed E-state index contributed by atoms with van der Waals surface area (Å²) in [4.78, 5) is 2.48. The van der Waals surface area contributed by atoms with Crippen LogP contribution in [0.4, 0.5) is 17.1 Å². The van der Waals surface area contributed by atoms with Crippen LogP contribution in [0.1, 0.15) is 0 Å². The molecule has 13 rings (SSSR count). The van der Waals surface area contributed by atoms with Crippen LogP contribution >= 0.6 is 0 Å². The van der Waals surface area contributed by atoms with Gasteiger partial charge in [0.25, 0.3) is 0 Å². The molecule has 312 valence electrons. The molecule has 0 saturated carbocycles. The van der Waals surface area contributed by atoms with Crippen molar-refractivity contribution in [3.63, 3.8) is 0 Å². The maximum absolute atomic E-state index is 2.48. The Labute approximate surface area is 390 Å². The van der Waals surface area contributed by atoms with Gasteiger partial charge in [-0.15, -0.1) is 0 Å². The largest absolute Gasteiger partial charge is 0.309 e. The first kappa shape index (κ1) is 38.7. The Kier molecular flexibility index (Phi) is 9.25. The smallest absolute Gasteiger partial charge is 0.0540 e. The molecule has 0 aliphatic carbocycles. The first-order valence-corrected chi connectivity index (χ1v) is 23.2. The van der Waals surface area contributed by atoms with E-state index in [-0.39, 0.29) is 0 Å². The molecule has 13 aromatic rings. The summed E-state index contributed by atoms with van der Waals surface area (Å²) in [6.45, 7) is 0. The summed E-state index contributed by atoms with van der Waals surface area (Å²) in [6.07, 6.45) is 0. The number of benzene rings is 13. The highest BCUT2D eigenvalue weighted by molar-refractivity contribution is 6.33. The molecule has 1 nitrogen and oxygen atoms in total. The minimum atomic E-state index is 1.14. The van der Waals surface area contributed by atoms with E-state index >= 15 is 0 Å². The minimum Gasteiger partial charge on any atom is -0.309 e. The van der Waals surface area contributed by atoms with Crippen molar-refractivity contribution >= 4 is 81.7 Å². The zero-order chi connectivity index (χ0) is 44.3. The van der Waals surface area contributed by atoms with Crippen molar-refractivity contribution in [3.05, 3.63) is 261 Å². The SMILES string of the molecule is c1ccc(-c2cc(-c3ccccc3)c3c4ccccc4c4cc(-c5ccc(N(c6cccc7ccccc67)c6cccc7ccccc67)c6ccccc56)ccc4c3c2-c2ccccc2)cc1. The van der Waals surface area contributed by atoms with E-state index in [4.69, 9.17) is 0 Å². The summed E-state index contributed by atoms with van der Waals surface area (Å²) < 4.78 is 0. The predicted octanol–water partition coefficient (Wildman–Crippen LogP) is 18.7. The van der Waals surface area contributed by atoms with Crippen molar-refractivity contribution in [2.75, 3.05) is 4.90 Å². The quantitative estimate of drug-likeness (QED) is 0.144. The topological polar surface area (TPSA) is 3.24 Å². The zero-order valence-corrected chi connectivity index (χ0v) is 36.8. The normalized spacial score (nSPS) is 11.6. The van der Waals surface area contributed by atoms with Crippen LogP contribution in [0.2, 0.25) is 0 Å². The fraction of sp³-hybridized carbons (Fsp3) is 0. The summed E-state index contributed by atoms with van der Waals surface area (Å²) in [6, 6.07) is 95.9. The van der Waals surface area contributed by atoms with Crippen molar-refractivity contribution < 1.29 is 0 Å². The first-order valence-electron chi connectivity index (χ1n) is 23.2. The fourth-order valence-corrected chi connectivity index (χ4v) is 10.8. The Morgan fingerprint density at radius 1 is 0.209 bits per heavy atom. The predicted molar refractivity (Wildman–Crippen MR) is 288 cm³/mol. The Hall–Kier alpha value is -8.78. The second-order valence-electron chi connectivity index (χ2n) is 17.5. The number of hydrogen-bond acceptors (Lipinski definition) is 1. The molecular formula is C66H43N. The van der Waals surface area contributed by atoms with Gasteiger partial charge in [0.05, 0.1) is 17.1 Å². The molecule has 0 N–H and O–H groups in total. The Morgan fingerprint density at radius 3 is 1.30 bits per heavy atom. The summed E-state index contributed by atoms with van der Waals surface area (Å²) in [5.74, 6) is 0. The molecule has 0 aliphatic heterocycles. The van der Waals surface area contributed by atoms with E-state index in [1.54, 1.807) is 0 Å². The van der Waals surface area contributed by atoms with Gasteiger partial charge in [-0.3, -0.25) is 0 Å². The van der Waals surface area contributed by atoms with Gasteiger partial charge in [0, 0.05) is 16.2 Å². The molecule has 0 aliphatic rings. The van der Waals surface area contributed by atoms with Crippen molar-refractivity contribution in [2.45, 2.75) is 0 Å². The summed E-state index contributed by atoms with van der Waals surface area (Å²) in [7, 11) is 0. The lowest BCUT2D eigenvalue weighted by Crippen LogP contribution is -2.11. The molecule has 0 atom stereocenters. The molecule has 0 spiro atoms. The number of rotatable bonds is 7. The van der Waals surface area contributed by atoms with Crippen LogP contribution in [0.5, 0.6) is 0 Å². The van der Waals surface area contributed by atoms with Crippen molar-refractivity contribution in [1.29, 1.82) is 0 Å². The summed E-state index contributed by atoms with van der Waals surface area (Å²) in [5.41, 5.74) is 13.1. The van der Waals surface area contributed by atoms with Crippen LogP contribution in [0.15, 0.2) is 261 Å². The van der Waals surface area contributed by atoms with E-state index in [1.807, 2.05) is 0 Å². The molecule has 1 heteroatoms. The molecule has 0 aromatic heterocycles. The molecule has 0 fully saturated rings. The van der Waals surface area contributed by atoms with Crippen LogP contribution in [-0.4, -0.2) is 0 Å². The number of nitrogens with zero attached hydrogens (tertiary/aromatic N) is 1. The van der Waals surface area contributed by atoms with Crippen molar-refractivity contribution in [3.8, 4) is 44.5 Å². The van der Waals surface area contributed by atoms with Crippen LogP contribution in [0.3, 0.4) is 0 Å².